The van der Waals surface area contributed by atoms with Gasteiger partial charge in [0.2, 0.25) is 10.0 Å². The molecule has 0 aliphatic carbocycles. The number of likely N-dealkylation sites (N-methyl/N-ethyl adjacent to an activating group) is 1. The molecule has 0 spiro atoms. The van der Waals surface area contributed by atoms with E-state index in [1.165, 1.54) is 5.69 Å². The van der Waals surface area contributed by atoms with Crippen molar-refractivity contribution in [1.82, 2.24) is 10.2 Å². The summed E-state index contributed by atoms with van der Waals surface area (Å²) in [5, 5.41) is 2.89. The van der Waals surface area contributed by atoms with Gasteiger partial charge < -0.3 is 15.1 Å². The first-order valence-corrected chi connectivity index (χ1v) is 11.5. The number of piperazine rings is 1. The van der Waals surface area contributed by atoms with Gasteiger partial charge in [0.1, 0.15) is 0 Å². The number of hydrogen-bond acceptors (Lipinski definition) is 5. The third-order valence-electron chi connectivity index (χ3n) is 5.05. The molecule has 0 radical (unpaired) electrons. The first-order chi connectivity index (χ1) is 13.7. The Morgan fingerprint density at radius 1 is 1.03 bits per heavy atom. The smallest absolute Gasteiger partial charge is 0.251 e. The molecule has 8 heteroatoms. The van der Waals surface area contributed by atoms with E-state index >= 15 is 0 Å². The molecule has 156 valence electrons. The second-order valence-electron chi connectivity index (χ2n) is 7.54. The van der Waals surface area contributed by atoms with Gasteiger partial charge in [0.15, 0.2) is 0 Å². The Bertz CT molecular complexity index is 966. The van der Waals surface area contributed by atoms with Gasteiger partial charge in [-0.1, -0.05) is 18.2 Å². The molecule has 1 heterocycles. The molecule has 1 fully saturated rings. The number of carbonyl (C=O) groups is 1. The molecule has 2 N–H and O–H groups in total. The largest absolute Gasteiger partial charge is 0.369 e. The van der Waals surface area contributed by atoms with Gasteiger partial charge in [-0.2, -0.15) is 0 Å². The van der Waals surface area contributed by atoms with Crippen molar-refractivity contribution in [1.29, 1.82) is 0 Å². The Balaban J connectivity index is 1.60. The minimum atomic E-state index is -3.40. The maximum absolute atomic E-state index is 12.5. The van der Waals surface area contributed by atoms with E-state index in [1.54, 1.807) is 25.1 Å². The van der Waals surface area contributed by atoms with Gasteiger partial charge >= 0.3 is 0 Å². The van der Waals surface area contributed by atoms with E-state index in [4.69, 9.17) is 0 Å². The van der Waals surface area contributed by atoms with E-state index in [-0.39, 0.29) is 5.91 Å². The molecule has 0 unspecified atom stereocenters. The van der Waals surface area contributed by atoms with Crippen LogP contribution in [-0.2, 0) is 16.6 Å². The topological polar surface area (TPSA) is 81.8 Å². The van der Waals surface area contributed by atoms with Crippen LogP contribution in [0.2, 0.25) is 0 Å². The van der Waals surface area contributed by atoms with Gasteiger partial charge in [-0.25, -0.2) is 8.42 Å². The number of nitrogens with one attached hydrogen (secondary N) is 2. The Labute approximate surface area is 172 Å². The average Bonchev–Trinajstić information content (AvgIpc) is 2.68. The highest BCUT2D eigenvalue weighted by atomic mass is 32.2. The first kappa shape index (κ1) is 21.1. The van der Waals surface area contributed by atoms with E-state index in [1.807, 2.05) is 12.1 Å². The summed E-state index contributed by atoms with van der Waals surface area (Å²) in [6.07, 6.45) is 1.09. The number of amides is 1. The summed E-state index contributed by atoms with van der Waals surface area (Å²) in [4.78, 5) is 17.2. The number of aryl methyl sites for hydroxylation is 1. The fraction of sp³-hybridized carbons (Fsp3) is 0.381. The number of rotatable bonds is 6. The molecule has 1 amide bonds. The number of benzene rings is 2. The third kappa shape index (κ3) is 5.95. The number of nitrogens with zero attached hydrogens (tertiary/aromatic N) is 2. The molecule has 0 bridgehead atoms. The fourth-order valence-corrected chi connectivity index (χ4v) is 3.87. The zero-order valence-electron chi connectivity index (χ0n) is 17.1. The second kappa shape index (κ2) is 8.84. The molecule has 1 aliphatic heterocycles. The Hall–Kier alpha value is -2.58. The number of hydrogen-bond donors (Lipinski definition) is 2. The summed E-state index contributed by atoms with van der Waals surface area (Å²) in [7, 11) is -1.27. The van der Waals surface area contributed by atoms with Crippen LogP contribution in [0.25, 0.3) is 0 Å². The van der Waals surface area contributed by atoms with Crippen LogP contribution >= 0.6 is 0 Å². The molecule has 0 atom stereocenters. The standard InChI is InChI=1S/C21H28N4O3S/c1-16-4-7-18(14-20(16)23-29(3,27)28)21(26)22-15-17-5-8-19(9-6-17)25-12-10-24(2)11-13-25/h4-9,14,23H,10-13,15H2,1-3H3,(H,22,26). The molecule has 0 saturated carbocycles. The molecule has 1 aliphatic rings. The maximum atomic E-state index is 12.5. The summed E-state index contributed by atoms with van der Waals surface area (Å²) in [5.74, 6) is -0.246. The van der Waals surface area contributed by atoms with Gasteiger partial charge in [0.05, 0.1) is 11.9 Å². The minimum absolute atomic E-state index is 0.246. The van der Waals surface area contributed by atoms with Gasteiger partial charge in [0, 0.05) is 44.0 Å². The predicted octanol–water partition coefficient (Wildman–Crippen LogP) is 2.05. The van der Waals surface area contributed by atoms with Crippen molar-refractivity contribution < 1.29 is 13.2 Å². The maximum Gasteiger partial charge on any atom is 0.251 e. The quantitative estimate of drug-likeness (QED) is 0.753. The predicted molar refractivity (Wildman–Crippen MR) is 117 cm³/mol. The van der Waals surface area contributed by atoms with E-state index in [0.717, 1.165) is 43.6 Å². The lowest BCUT2D eigenvalue weighted by Crippen LogP contribution is -2.44. The Morgan fingerprint density at radius 2 is 1.69 bits per heavy atom. The lowest BCUT2D eigenvalue weighted by molar-refractivity contribution is 0.0951. The van der Waals surface area contributed by atoms with Crippen LogP contribution < -0.4 is 14.9 Å². The number of sulfonamides is 1. The normalized spacial score (nSPS) is 15.2. The van der Waals surface area contributed by atoms with Crippen molar-refractivity contribution in [2.24, 2.45) is 0 Å². The fourth-order valence-electron chi connectivity index (χ4n) is 3.25. The van der Waals surface area contributed by atoms with Crippen LogP contribution in [0.15, 0.2) is 42.5 Å². The van der Waals surface area contributed by atoms with Crippen LogP contribution in [0.4, 0.5) is 11.4 Å². The molecular formula is C21H28N4O3S. The molecular weight excluding hydrogens is 388 g/mol. The lowest BCUT2D eigenvalue weighted by atomic mass is 10.1. The second-order valence-corrected chi connectivity index (χ2v) is 9.29. The molecule has 1 saturated heterocycles. The zero-order chi connectivity index (χ0) is 21.0. The van der Waals surface area contributed by atoms with E-state index in [0.29, 0.717) is 17.8 Å². The first-order valence-electron chi connectivity index (χ1n) is 9.60. The summed E-state index contributed by atoms with van der Waals surface area (Å²) < 4.78 is 25.4. The highest BCUT2D eigenvalue weighted by Gasteiger charge is 2.14. The molecule has 29 heavy (non-hydrogen) atoms. The highest BCUT2D eigenvalue weighted by Crippen LogP contribution is 2.19. The summed E-state index contributed by atoms with van der Waals surface area (Å²) in [5.41, 5.74) is 3.79. The van der Waals surface area contributed by atoms with Crippen LogP contribution in [0, 0.1) is 6.92 Å². The van der Waals surface area contributed by atoms with Crippen molar-refractivity contribution in [2.75, 3.05) is 49.1 Å². The van der Waals surface area contributed by atoms with Crippen molar-refractivity contribution in [3.63, 3.8) is 0 Å². The summed E-state index contributed by atoms with van der Waals surface area (Å²) >= 11 is 0. The third-order valence-corrected chi connectivity index (χ3v) is 5.64. The van der Waals surface area contributed by atoms with E-state index < -0.39 is 10.0 Å². The minimum Gasteiger partial charge on any atom is -0.369 e. The SMILES string of the molecule is Cc1ccc(C(=O)NCc2ccc(N3CCN(C)CC3)cc2)cc1NS(C)(=O)=O. The molecule has 7 nitrogen and oxygen atoms in total. The average molecular weight is 417 g/mol. The molecule has 0 aromatic heterocycles. The van der Waals surface area contributed by atoms with Crippen molar-refractivity contribution in [2.45, 2.75) is 13.5 Å². The van der Waals surface area contributed by atoms with Crippen LogP contribution in [0.3, 0.4) is 0 Å². The summed E-state index contributed by atoms with van der Waals surface area (Å²) in [6.45, 7) is 6.35. The van der Waals surface area contributed by atoms with Crippen molar-refractivity contribution in [3.05, 3.63) is 59.2 Å². The number of anilines is 2. The Kier molecular flexibility index (Phi) is 6.44. The van der Waals surface area contributed by atoms with E-state index in [2.05, 4.69) is 39.0 Å². The molecule has 2 aromatic rings. The monoisotopic (exact) mass is 416 g/mol. The lowest BCUT2D eigenvalue weighted by Gasteiger charge is -2.34. The van der Waals surface area contributed by atoms with Gasteiger partial charge in [-0.05, 0) is 49.4 Å². The summed E-state index contributed by atoms with van der Waals surface area (Å²) in [6, 6.07) is 13.2. The molecule has 3 rings (SSSR count). The van der Waals surface area contributed by atoms with Gasteiger partial charge in [0.25, 0.3) is 5.91 Å². The van der Waals surface area contributed by atoms with Crippen molar-refractivity contribution >= 4 is 27.3 Å². The van der Waals surface area contributed by atoms with E-state index in [9.17, 15) is 13.2 Å². The van der Waals surface area contributed by atoms with Gasteiger partial charge in [-0.15, -0.1) is 0 Å². The van der Waals surface area contributed by atoms with Crippen LogP contribution in [0.1, 0.15) is 21.5 Å². The van der Waals surface area contributed by atoms with Crippen LogP contribution in [-0.4, -0.2) is 58.7 Å². The van der Waals surface area contributed by atoms with Crippen LogP contribution in [0.5, 0.6) is 0 Å². The Morgan fingerprint density at radius 3 is 2.31 bits per heavy atom. The highest BCUT2D eigenvalue weighted by molar-refractivity contribution is 7.92. The van der Waals surface area contributed by atoms with Gasteiger partial charge in [-0.3, -0.25) is 9.52 Å². The molecule has 2 aromatic carbocycles. The zero-order valence-corrected chi connectivity index (χ0v) is 17.9. The number of carbonyl (C=O) groups excluding carboxylic acids is 1. The van der Waals surface area contributed by atoms with Crippen molar-refractivity contribution in [3.8, 4) is 0 Å².